The van der Waals surface area contributed by atoms with Crippen molar-refractivity contribution in [2.75, 3.05) is 22.9 Å². The molecule has 11 heteroatoms. The van der Waals surface area contributed by atoms with Crippen molar-refractivity contribution in [3.8, 4) is 6.07 Å². The number of benzene rings is 3. The van der Waals surface area contributed by atoms with Gasteiger partial charge in [-0.05, 0) is 42.0 Å². The molecular formula is C29H23F3N6OS. The molecule has 0 spiro atoms. The van der Waals surface area contributed by atoms with E-state index in [0.29, 0.717) is 58.5 Å². The molecule has 6 rings (SSSR count). The summed E-state index contributed by atoms with van der Waals surface area (Å²) < 4.78 is 39.6. The van der Waals surface area contributed by atoms with Gasteiger partial charge in [0.1, 0.15) is 0 Å². The summed E-state index contributed by atoms with van der Waals surface area (Å²) in [4.78, 5) is 16.2. The standard InChI is InChI=1S/C29H23F3N6OS/c30-29(31,32)20-10-11-24-25(14-20)35-27(34-24)37-13-12-23-22(16-37)26(39)38(21-8-2-1-3-9-21)28(36-23)40-17-19-7-5-4-6-18(19)15-33/h1-11,14,26,39H,12-13,16-17H2,(H,34,35). The number of hydrogen-bond donors (Lipinski definition) is 2. The number of fused-ring (bicyclic) bond motifs is 1. The Hall–Kier alpha value is -4.27. The van der Waals surface area contributed by atoms with E-state index in [1.807, 2.05) is 53.4 Å². The molecule has 0 saturated carbocycles. The number of imidazole rings is 1. The fourth-order valence-electron chi connectivity index (χ4n) is 4.91. The van der Waals surface area contributed by atoms with Crippen molar-refractivity contribution in [3.05, 3.63) is 101 Å². The van der Waals surface area contributed by atoms with Gasteiger partial charge < -0.3 is 15.0 Å². The van der Waals surface area contributed by atoms with E-state index in [1.165, 1.54) is 17.8 Å². The fraction of sp³-hybridized carbons (Fsp3) is 0.207. The Bertz CT molecular complexity index is 1670. The van der Waals surface area contributed by atoms with Crippen LogP contribution in [0, 0.1) is 11.3 Å². The summed E-state index contributed by atoms with van der Waals surface area (Å²) in [5.74, 6) is 0.948. The van der Waals surface area contributed by atoms with Crippen molar-refractivity contribution in [3.63, 3.8) is 0 Å². The Kier molecular flexibility index (Phi) is 6.73. The van der Waals surface area contributed by atoms with Crippen LogP contribution in [0.1, 0.15) is 23.1 Å². The Labute approximate surface area is 232 Å². The lowest BCUT2D eigenvalue weighted by atomic mass is 10.0. The average molecular weight is 561 g/mol. The number of rotatable bonds is 4. The predicted molar refractivity (Wildman–Crippen MR) is 150 cm³/mol. The summed E-state index contributed by atoms with van der Waals surface area (Å²) in [6.45, 7) is 0.839. The van der Waals surface area contributed by atoms with Gasteiger partial charge in [-0.2, -0.15) is 18.4 Å². The number of halogens is 3. The molecule has 3 aromatic carbocycles. The molecule has 202 valence electrons. The molecule has 0 aliphatic carbocycles. The van der Waals surface area contributed by atoms with Crippen molar-refractivity contribution in [2.45, 2.75) is 24.6 Å². The fourth-order valence-corrected chi connectivity index (χ4v) is 5.96. The highest BCUT2D eigenvalue weighted by Gasteiger charge is 2.36. The van der Waals surface area contributed by atoms with Crippen LogP contribution in [-0.4, -0.2) is 39.6 Å². The van der Waals surface area contributed by atoms with Crippen LogP contribution in [0.4, 0.5) is 24.8 Å². The quantitative estimate of drug-likeness (QED) is 0.316. The third-order valence-electron chi connectivity index (χ3n) is 6.97. The van der Waals surface area contributed by atoms with Gasteiger partial charge in [0.15, 0.2) is 11.4 Å². The normalized spacial score (nSPS) is 17.6. The number of alkyl halides is 3. The number of aromatic amines is 1. The minimum Gasteiger partial charge on any atom is -0.369 e. The van der Waals surface area contributed by atoms with E-state index in [2.05, 4.69) is 16.0 Å². The molecule has 0 fully saturated rings. The Morgan fingerprint density at radius 2 is 1.85 bits per heavy atom. The first-order valence-electron chi connectivity index (χ1n) is 12.6. The minimum atomic E-state index is -4.44. The largest absolute Gasteiger partial charge is 0.416 e. The molecule has 2 aliphatic rings. The number of nitrogens with one attached hydrogen (secondary N) is 1. The Morgan fingerprint density at radius 3 is 2.62 bits per heavy atom. The molecule has 0 saturated heterocycles. The van der Waals surface area contributed by atoms with Crippen LogP contribution >= 0.6 is 11.8 Å². The molecule has 2 aliphatic heterocycles. The molecule has 4 aromatic rings. The van der Waals surface area contributed by atoms with Crippen LogP contribution in [0.5, 0.6) is 0 Å². The summed E-state index contributed by atoms with van der Waals surface area (Å²) in [6, 6.07) is 22.5. The molecule has 1 unspecified atom stereocenters. The van der Waals surface area contributed by atoms with E-state index < -0.39 is 18.0 Å². The van der Waals surface area contributed by atoms with Gasteiger partial charge in [-0.25, -0.2) is 9.98 Å². The number of H-pyrrole nitrogens is 1. The first-order valence-corrected chi connectivity index (χ1v) is 13.6. The second kappa shape index (κ2) is 10.4. The zero-order valence-corrected chi connectivity index (χ0v) is 21.9. The maximum atomic E-state index is 13.2. The number of hydrogen-bond acceptors (Lipinski definition) is 7. The molecule has 1 aromatic heterocycles. The third-order valence-corrected chi connectivity index (χ3v) is 7.97. The van der Waals surface area contributed by atoms with Gasteiger partial charge in [0, 0.05) is 36.5 Å². The lowest BCUT2D eigenvalue weighted by molar-refractivity contribution is -0.137. The number of para-hydroxylation sites is 1. The molecule has 7 nitrogen and oxygen atoms in total. The summed E-state index contributed by atoms with van der Waals surface area (Å²) in [5, 5.41) is 21.8. The zero-order valence-electron chi connectivity index (χ0n) is 21.1. The zero-order chi connectivity index (χ0) is 27.9. The van der Waals surface area contributed by atoms with Gasteiger partial charge >= 0.3 is 6.18 Å². The molecule has 0 amide bonds. The molecule has 0 radical (unpaired) electrons. The number of amidine groups is 1. The monoisotopic (exact) mass is 560 g/mol. The number of aromatic nitrogens is 2. The molecule has 0 bridgehead atoms. The number of aliphatic imine (C=N–C) groups is 1. The smallest absolute Gasteiger partial charge is 0.369 e. The average Bonchev–Trinajstić information content (AvgIpc) is 3.40. The number of thioether (sulfide) groups is 1. The number of aliphatic hydroxyl groups is 1. The highest BCUT2D eigenvalue weighted by Crippen LogP contribution is 2.37. The van der Waals surface area contributed by atoms with E-state index in [-0.39, 0.29) is 0 Å². The van der Waals surface area contributed by atoms with Crippen molar-refractivity contribution in [1.29, 1.82) is 5.26 Å². The summed E-state index contributed by atoms with van der Waals surface area (Å²) in [7, 11) is 0. The van der Waals surface area contributed by atoms with Crippen molar-refractivity contribution < 1.29 is 18.3 Å². The van der Waals surface area contributed by atoms with Gasteiger partial charge in [-0.1, -0.05) is 48.2 Å². The van der Waals surface area contributed by atoms with Crippen LogP contribution < -0.4 is 9.80 Å². The van der Waals surface area contributed by atoms with Crippen molar-refractivity contribution in [1.82, 2.24) is 9.97 Å². The van der Waals surface area contributed by atoms with E-state index in [0.717, 1.165) is 29.1 Å². The first-order chi connectivity index (χ1) is 19.3. The summed E-state index contributed by atoms with van der Waals surface area (Å²) in [5.41, 5.74) is 3.73. The Morgan fingerprint density at radius 1 is 1.07 bits per heavy atom. The maximum absolute atomic E-state index is 13.2. The molecular weight excluding hydrogens is 537 g/mol. The lowest BCUT2D eigenvalue weighted by Crippen LogP contribution is -2.48. The molecule has 3 heterocycles. The second-order valence-corrected chi connectivity index (χ2v) is 10.4. The van der Waals surface area contributed by atoms with E-state index in [4.69, 9.17) is 4.99 Å². The van der Waals surface area contributed by atoms with Gasteiger partial charge in [-0.3, -0.25) is 4.90 Å². The van der Waals surface area contributed by atoms with E-state index >= 15 is 0 Å². The molecule has 40 heavy (non-hydrogen) atoms. The number of nitrogens with zero attached hydrogens (tertiary/aromatic N) is 5. The predicted octanol–water partition coefficient (Wildman–Crippen LogP) is 6.05. The van der Waals surface area contributed by atoms with Crippen LogP contribution in [0.3, 0.4) is 0 Å². The summed E-state index contributed by atoms with van der Waals surface area (Å²) in [6.07, 6.45) is -4.92. The highest BCUT2D eigenvalue weighted by atomic mass is 32.2. The third kappa shape index (κ3) is 4.92. The van der Waals surface area contributed by atoms with Crippen LogP contribution in [0.25, 0.3) is 11.0 Å². The highest BCUT2D eigenvalue weighted by molar-refractivity contribution is 8.13. The summed E-state index contributed by atoms with van der Waals surface area (Å²) >= 11 is 1.45. The van der Waals surface area contributed by atoms with E-state index in [9.17, 15) is 23.5 Å². The molecule has 2 N–H and O–H groups in total. The maximum Gasteiger partial charge on any atom is 0.416 e. The van der Waals surface area contributed by atoms with Crippen molar-refractivity contribution in [2.24, 2.45) is 4.99 Å². The van der Waals surface area contributed by atoms with Crippen LogP contribution in [-0.2, 0) is 11.9 Å². The minimum absolute atomic E-state index is 0.300. The van der Waals surface area contributed by atoms with Crippen LogP contribution in [0.2, 0.25) is 0 Å². The van der Waals surface area contributed by atoms with Crippen molar-refractivity contribution >= 4 is 39.6 Å². The topological polar surface area (TPSA) is 91.5 Å². The number of nitriles is 1. The van der Waals surface area contributed by atoms with Gasteiger partial charge in [0.05, 0.1) is 33.9 Å². The SMILES string of the molecule is N#Cc1ccccc1CSC1=NC2=C(CN(c3nc4ccc(C(F)(F)F)cc4[nH]3)CC2)C(O)N1c1ccccc1. The van der Waals surface area contributed by atoms with Gasteiger partial charge in [0.25, 0.3) is 0 Å². The van der Waals surface area contributed by atoms with Gasteiger partial charge in [0.2, 0.25) is 5.95 Å². The first kappa shape index (κ1) is 26.0. The van der Waals surface area contributed by atoms with Crippen LogP contribution in [0.15, 0.2) is 89.1 Å². The molecule has 1 atom stereocenters. The lowest BCUT2D eigenvalue weighted by Gasteiger charge is -2.40. The van der Waals surface area contributed by atoms with E-state index in [1.54, 1.807) is 11.0 Å². The Balaban J connectivity index is 1.31. The number of anilines is 2. The number of aliphatic hydroxyl groups excluding tert-OH is 1. The second-order valence-electron chi connectivity index (χ2n) is 9.46. The van der Waals surface area contributed by atoms with Gasteiger partial charge in [-0.15, -0.1) is 0 Å².